The summed E-state index contributed by atoms with van der Waals surface area (Å²) in [6.45, 7) is 14.8. The van der Waals surface area contributed by atoms with Gasteiger partial charge < -0.3 is 30.5 Å². The molecule has 0 atom stereocenters. The van der Waals surface area contributed by atoms with E-state index < -0.39 is 6.03 Å². The number of carbonyl (C=O) groups excluding carboxylic acids is 1. The third kappa shape index (κ3) is 7.70. The number of ether oxygens (including phenoxy) is 2. The van der Waals surface area contributed by atoms with Crippen LogP contribution in [0.3, 0.4) is 0 Å². The number of aliphatic imine (C=N–C) groups is 1. The number of rotatable bonds is 8. The highest BCUT2D eigenvalue weighted by atomic mass is 16.5. The third-order valence-corrected chi connectivity index (χ3v) is 6.64. The Morgan fingerprint density at radius 3 is 2.64 bits per heavy atom. The van der Waals surface area contributed by atoms with Crippen molar-refractivity contribution in [3.05, 3.63) is 90.0 Å². The van der Waals surface area contributed by atoms with Crippen molar-refractivity contribution in [1.29, 1.82) is 0 Å². The molecule has 5 N–H and O–H groups in total. The van der Waals surface area contributed by atoms with Gasteiger partial charge in [0.25, 0.3) is 0 Å². The van der Waals surface area contributed by atoms with Gasteiger partial charge in [-0.05, 0) is 30.8 Å². The van der Waals surface area contributed by atoms with Gasteiger partial charge in [0.05, 0.1) is 24.6 Å². The minimum absolute atomic E-state index is 0.147. The summed E-state index contributed by atoms with van der Waals surface area (Å²) < 4.78 is 13.1. The lowest BCUT2D eigenvalue weighted by atomic mass is 9.92. The molecule has 1 aliphatic heterocycles. The normalized spacial score (nSPS) is 14.2. The van der Waals surface area contributed by atoms with Gasteiger partial charge in [0.15, 0.2) is 0 Å². The van der Waals surface area contributed by atoms with Crippen molar-refractivity contribution in [2.45, 2.75) is 39.7 Å². The number of aromatic hydroxyl groups is 1. The molecular weight excluding hydrogens is 534 g/mol. The number of aryl methyl sites for hydroxylation is 1. The fraction of sp³-hybridized carbons (Fsp3) is 0.323. The van der Waals surface area contributed by atoms with Crippen molar-refractivity contribution in [3.63, 3.8) is 0 Å². The standard InChI is InChI=1S/C31H39N7O4/c1-21-10-11-24(18-25(21)39)38-28(19-27(36-38)31(3,4)5)35-30(40)33-20-23-8-6-7-9-26(23)42-29(12-13-32)34-22(2)37-14-16-41-17-15-37/h6-13,18-19,39H,2,14-17,20,32H2,1,3-5H3,(H2,33,35,40)/b13-12-,34-29+. The quantitative estimate of drug-likeness (QED) is 0.229. The van der Waals surface area contributed by atoms with Crippen LogP contribution in [0.4, 0.5) is 10.6 Å². The van der Waals surface area contributed by atoms with Gasteiger partial charge in [0.2, 0.25) is 5.90 Å². The Labute approximate surface area is 246 Å². The molecule has 0 radical (unpaired) electrons. The van der Waals surface area contributed by atoms with Crippen molar-refractivity contribution in [3.8, 4) is 17.2 Å². The van der Waals surface area contributed by atoms with Gasteiger partial charge in [0, 0.05) is 48.8 Å². The Bertz CT molecular complexity index is 1480. The minimum atomic E-state index is -0.431. The van der Waals surface area contributed by atoms with Crippen LogP contribution in [0.25, 0.3) is 5.69 Å². The highest BCUT2D eigenvalue weighted by Crippen LogP contribution is 2.28. The average molecular weight is 574 g/mol. The zero-order chi connectivity index (χ0) is 30.3. The van der Waals surface area contributed by atoms with Gasteiger partial charge in [-0.3, -0.25) is 5.32 Å². The molecule has 42 heavy (non-hydrogen) atoms. The van der Waals surface area contributed by atoms with E-state index >= 15 is 0 Å². The highest BCUT2D eigenvalue weighted by Gasteiger charge is 2.22. The summed E-state index contributed by atoms with van der Waals surface area (Å²) in [5.41, 5.74) is 8.29. The molecule has 2 heterocycles. The summed E-state index contributed by atoms with van der Waals surface area (Å²) in [4.78, 5) is 19.6. The maximum absolute atomic E-state index is 13.1. The number of nitrogens with one attached hydrogen (secondary N) is 2. The molecule has 0 aliphatic carbocycles. The molecule has 0 bridgehead atoms. The second-order valence-corrected chi connectivity index (χ2v) is 10.9. The molecule has 0 saturated carbocycles. The summed E-state index contributed by atoms with van der Waals surface area (Å²) in [7, 11) is 0. The minimum Gasteiger partial charge on any atom is -0.508 e. The number of hydrogen-bond acceptors (Lipinski definition) is 8. The highest BCUT2D eigenvalue weighted by molar-refractivity contribution is 5.90. The van der Waals surface area contributed by atoms with E-state index in [1.54, 1.807) is 29.0 Å². The number of urea groups is 1. The van der Waals surface area contributed by atoms with Crippen LogP contribution in [0.15, 0.2) is 78.2 Å². The van der Waals surface area contributed by atoms with Crippen LogP contribution in [0.2, 0.25) is 0 Å². The zero-order valence-corrected chi connectivity index (χ0v) is 24.6. The molecule has 0 unspecified atom stereocenters. The molecule has 0 spiro atoms. The summed E-state index contributed by atoms with van der Waals surface area (Å²) in [5.74, 6) is 1.95. The molecule has 2 amide bonds. The molecule has 4 rings (SSSR count). The summed E-state index contributed by atoms with van der Waals surface area (Å²) in [6.07, 6.45) is 2.90. The smallest absolute Gasteiger partial charge is 0.320 e. The first kappa shape index (κ1) is 30.2. The zero-order valence-electron chi connectivity index (χ0n) is 24.6. The van der Waals surface area contributed by atoms with E-state index in [0.717, 1.165) is 16.8 Å². The Morgan fingerprint density at radius 1 is 1.21 bits per heavy atom. The van der Waals surface area contributed by atoms with E-state index in [1.165, 1.54) is 6.20 Å². The van der Waals surface area contributed by atoms with Crippen molar-refractivity contribution in [2.75, 3.05) is 31.6 Å². The first-order chi connectivity index (χ1) is 20.0. The van der Waals surface area contributed by atoms with Gasteiger partial charge >= 0.3 is 6.03 Å². The molecule has 11 nitrogen and oxygen atoms in total. The second-order valence-electron chi connectivity index (χ2n) is 10.9. The number of phenolic OH excluding ortho intramolecular Hbond substituents is 1. The van der Waals surface area contributed by atoms with Crippen LogP contribution in [0.1, 0.15) is 37.6 Å². The number of para-hydroxylation sites is 1. The fourth-order valence-corrected chi connectivity index (χ4v) is 4.16. The van der Waals surface area contributed by atoms with Gasteiger partial charge in [0.1, 0.15) is 23.1 Å². The molecular formula is C31H39N7O4. The van der Waals surface area contributed by atoms with Crippen LogP contribution in [0.5, 0.6) is 11.5 Å². The Balaban J connectivity index is 1.49. The van der Waals surface area contributed by atoms with E-state index in [-0.39, 0.29) is 23.6 Å². The van der Waals surface area contributed by atoms with E-state index in [2.05, 4.69) is 22.2 Å². The topological polar surface area (TPSA) is 139 Å². The van der Waals surface area contributed by atoms with Crippen LogP contribution < -0.4 is 21.1 Å². The number of phenols is 1. The first-order valence-corrected chi connectivity index (χ1v) is 13.7. The predicted molar refractivity (Wildman–Crippen MR) is 164 cm³/mol. The second kappa shape index (κ2) is 13.3. The number of nitrogens with zero attached hydrogens (tertiary/aromatic N) is 4. The molecule has 2 aromatic carbocycles. The average Bonchev–Trinajstić information content (AvgIpc) is 3.39. The molecule has 3 aromatic rings. The summed E-state index contributed by atoms with van der Waals surface area (Å²) >= 11 is 0. The Morgan fingerprint density at radius 2 is 1.95 bits per heavy atom. The number of benzene rings is 2. The summed E-state index contributed by atoms with van der Waals surface area (Å²) in [5, 5.41) is 20.8. The molecule has 1 saturated heterocycles. The summed E-state index contributed by atoms with van der Waals surface area (Å²) in [6, 6.07) is 14.0. The maximum atomic E-state index is 13.1. The van der Waals surface area contributed by atoms with Crippen molar-refractivity contribution < 1.29 is 19.4 Å². The largest absolute Gasteiger partial charge is 0.508 e. The van der Waals surface area contributed by atoms with E-state index in [4.69, 9.17) is 20.3 Å². The molecule has 1 fully saturated rings. The lowest BCUT2D eigenvalue weighted by molar-refractivity contribution is 0.0533. The van der Waals surface area contributed by atoms with Crippen LogP contribution in [0, 0.1) is 6.92 Å². The van der Waals surface area contributed by atoms with Crippen molar-refractivity contribution in [1.82, 2.24) is 20.0 Å². The third-order valence-electron chi connectivity index (χ3n) is 6.64. The van der Waals surface area contributed by atoms with Crippen molar-refractivity contribution in [2.24, 2.45) is 10.7 Å². The van der Waals surface area contributed by atoms with Gasteiger partial charge in [-0.2, -0.15) is 10.1 Å². The van der Waals surface area contributed by atoms with Gasteiger partial charge in [-0.25, -0.2) is 9.48 Å². The number of carbonyl (C=O) groups is 1. The monoisotopic (exact) mass is 573 g/mol. The SMILES string of the molecule is C=C(/N=C(\C=C/N)Oc1ccccc1CNC(=O)Nc1cc(C(C)(C)C)nn1-c1ccc(C)c(O)c1)N1CCOCC1. The van der Waals surface area contributed by atoms with Crippen LogP contribution in [-0.4, -0.2) is 58.0 Å². The number of amides is 2. The predicted octanol–water partition coefficient (Wildman–Crippen LogP) is 4.56. The fourth-order valence-electron chi connectivity index (χ4n) is 4.16. The van der Waals surface area contributed by atoms with Crippen molar-refractivity contribution >= 4 is 17.7 Å². The first-order valence-electron chi connectivity index (χ1n) is 13.7. The molecule has 222 valence electrons. The van der Waals surface area contributed by atoms with Crippen LogP contribution in [-0.2, 0) is 16.7 Å². The lowest BCUT2D eigenvalue weighted by Crippen LogP contribution is -2.35. The van der Waals surface area contributed by atoms with E-state index in [9.17, 15) is 9.90 Å². The lowest BCUT2D eigenvalue weighted by Gasteiger charge is -2.28. The Hall–Kier alpha value is -4.77. The molecule has 1 aromatic heterocycles. The number of aromatic nitrogens is 2. The van der Waals surface area contributed by atoms with Crippen LogP contribution >= 0.6 is 0 Å². The number of nitrogens with two attached hydrogens (primary N) is 1. The molecule has 11 heteroatoms. The van der Waals surface area contributed by atoms with E-state index in [0.29, 0.717) is 49.4 Å². The molecule has 1 aliphatic rings. The number of morpholine rings is 1. The number of hydrogen-bond donors (Lipinski definition) is 4. The van der Waals surface area contributed by atoms with E-state index in [1.807, 2.05) is 62.9 Å². The van der Waals surface area contributed by atoms with Gasteiger partial charge in [-0.15, -0.1) is 0 Å². The maximum Gasteiger partial charge on any atom is 0.320 e. The van der Waals surface area contributed by atoms with Gasteiger partial charge in [-0.1, -0.05) is 51.6 Å². The Kier molecular flexibility index (Phi) is 9.53. The number of anilines is 1.